The highest BCUT2D eigenvalue weighted by molar-refractivity contribution is 5.94. The Labute approximate surface area is 194 Å². The molecule has 0 unspecified atom stereocenters. The zero-order valence-electron chi connectivity index (χ0n) is 19.6. The Balaban J connectivity index is 0.000000530. The fraction of sp³-hybridized carbons (Fsp3) is 0.360. The molecule has 0 aliphatic carbocycles. The van der Waals surface area contributed by atoms with Crippen molar-refractivity contribution in [1.82, 2.24) is 10.6 Å². The first-order valence-corrected chi connectivity index (χ1v) is 10.5. The third-order valence-electron chi connectivity index (χ3n) is 4.26. The first-order chi connectivity index (χ1) is 15.6. The van der Waals surface area contributed by atoms with Crippen molar-refractivity contribution >= 4 is 12.3 Å². The van der Waals surface area contributed by atoms with Gasteiger partial charge < -0.3 is 15.4 Å². The lowest BCUT2D eigenvalue weighted by Gasteiger charge is -2.06. The van der Waals surface area contributed by atoms with Crippen molar-refractivity contribution in [3.63, 3.8) is 0 Å². The van der Waals surface area contributed by atoms with Crippen molar-refractivity contribution in [3.05, 3.63) is 77.4 Å². The molecule has 2 N–H and O–H groups in total. The summed E-state index contributed by atoms with van der Waals surface area (Å²) in [7, 11) is 1.57. The molecule has 2 amide bonds. The third kappa shape index (κ3) is 13.7. The molecule has 5 nitrogen and oxygen atoms in total. The predicted molar refractivity (Wildman–Crippen MR) is 125 cm³/mol. The van der Waals surface area contributed by atoms with E-state index in [4.69, 9.17) is 4.74 Å². The topological polar surface area (TPSA) is 67.4 Å². The number of halogens is 3. The Kier molecular flexibility index (Phi) is 14.7. The van der Waals surface area contributed by atoms with E-state index in [0.29, 0.717) is 42.8 Å². The second-order valence-electron chi connectivity index (χ2n) is 6.92. The number of alkyl halides is 3. The molecule has 0 heterocycles. The molecule has 2 rings (SSSR count). The Morgan fingerprint density at radius 1 is 1.09 bits per heavy atom. The van der Waals surface area contributed by atoms with Crippen molar-refractivity contribution in [2.75, 3.05) is 20.2 Å². The van der Waals surface area contributed by atoms with Gasteiger partial charge in [0.2, 0.25) is 6.41 Å². The van der Waals surface area contributed by atoms with Crippen molar-refractivity contribution in [2.45, 2.75) is 39.8 Å². The summed E-state index contributed by atoms with van der Waals surface area (Å²) in [6.45, 7) is 10.5. The molecule has 182 valence electrons. The van der Waals surface area contributed by atoms with E-state index in [9.17, 15) is 22.8 Å². The summed E-state index contributed by atoms with van der Waals surface area (Å²) in [4.78, 5) is 21.5. The van der Waals surface area contributed by atoms with Crippen molar-refractivity contribution < 1.29 is 27.5 Å². The van der Waals surface area contributed by atoms with Crippen molar-refractivity contribution in [3.8, 4) is 5.75 Å². The van der Waals surface area contributed by atoms with Crippen LogP contribution in [0, 0.1) is 0 Å². The van der Waals surface area contributed by atoms with Crippen LogP contribution < -0.4 is 15.4 Å². The summed E-state index contributed by atoms with van der Waals surface area (Å²) in [5, 5.41) is 5.13. The van der Waals surface area contributed by atoms with Crippen LogP contribution in [0.15, 0.2) is 60.7 Å². The van der Waals surface area contributed by atoms with Gasteiger partial charge in [-0.1, -0.05) is 37.6 Å². The number of ether oxygens (including phenoxy) is 1. The van der Waals surface area contributed by atoms with E-state index in [1.807, 2.05) is 13.8 Å². The summed E-state index contributed by atoms with van der Waals surface area (Å²) in [5.74, 6) is 0.537. The minimum Gasteiger partial charge on any atom is -0.497 e. The first kappa shape index (κ1) is 29.7. The molecule has 2 aromatic rings. The molecule has 0 radical (unpaired) electrons. The van der Waals surface area contributed by atoms with E-state index in [1.54, 1.807) is 37.4 Å². The number of nitrogens with one attached hydrogen (secondary N) is 2. The summed E-state index contributed by atoms with van der Waals surface area (Å²) in [6, 6.07) is 12.2. The van der Waals surface area contributed by atoms with Crippen LogP contribution in [0.5, 0.6) is 5.75 Å². The number of carbonyl (C=O) groups excluding carboxylic acids is 2. The van der Waals surface area contributed by atoms with Crippen LogP contribution in [0.1, 0.15) is 48.7 Å². The smallest absolute Gasteiger partial charge is 0.416 e. The van der Waals surface area contributed by atoms with Crippen LogP contribution in [0.2, 0.25) is 0 Å². The second kappa shape index (κ2) is 16.4. The first-order valence-electron chi connectivity index (χ1n) is 10.5. The van der Waals surface area contributed by atoms with Crippen LogP contribution in [0.25, 0.3) is 0 Å². The number of hydrogen-bond acceptors (Lipinski definition) is 3. The van der Waals surface area contributed by atoms with Crippen LogP contribution in [-0.4, -0.2) is 32.5 Å². The number of amides is 2. The van der Waals surface area contributed by atoms with Crippen LogP contribution >= 0.6 is 0 Å². The van der Waals surface area contributed by atoms with Gasteiger partial charge in [-0.25, -0.2) is 0 Å². The number of methoxy groups -OCH3 is 1. The maximum Gasteiger partial charge on any atom is 0.416 e. The average Bonchev–Trinajstić information content (AvgIpc) is 2.82. The molecule has 0 aliphatic heterocycles. The number of hydrogen-bond donors (Lipinski definition) is 2. The molecule has 0 atom stereocenters. The lowest BCUT2D eigenvalue weighted by molar-refractivity contribution is -0.137. The van der Waals surface area contributed by atoms with Crippen molar-refractivity contribution in [2.24, 2.45) is 0 Å². The Morgan fingerprint density at radius 2 is 1.70 bits per heavy atom. The van der Waals surface area contributed by atoms with Gasteiger partial charge in [-0.3, -0.25) is 9.59 Å². The number of rotatable bonds is 8. The summed E-state index contributed by atoms with van der Waals surface area (Å²) >= 11 is 0. The van der Waals surface area contributed by atoms with Gasteiger partial charge in [0.1, 0.15) is 5.75 Å². The molecule has 0 spiro atoms. The highest BCUT2D eigenvalue weighted by atomic mass is 19.4. The van der Waals surface area contributed by atoms with E-state index < -0.39 is 11.7 Å². The van der Waals surface area contributed by atoms with E-state index in [0.717, 1.165) is 12.5 Å². The van der Waals surface area contributed by atoms with E-state index in [2.05, 4.69) is 24.1 Å². The minimum absolute atomic E-state index is 0.171. The van der Waals surface area contributed by atoms with Gasteiger partial charge in [-0.05, 0) is 55.7 Å². The number of aryl methyl sites for hydroxylation is 1. The number of allylic oxidation sites excluding steroid dienone is 1. The van der Waals surface area contributed by atoms with Gasteiger partial charge in [-0.15, -0.1) is 6.58 Å². The lowest BCUT2D eigenvalue weighted by atomic mass is 10.1. The second-order valence-corrected chi connectivity index (χ2v) is 6.92. The quantitative estimate of drug-likeness (QED) is 0.311. The Hall–Kier alpha value is -3.29. The van der Waals surface area contributed by atoms with Crippen LogP contribution in [0.3, 0.4) is 0 Å². The van der Waals surface area contributed by atoms with E-state index in [-0.39, 0.29) is 5.91 Å². The molecular weight excluding hydrogens is 433 g/mol. The Bertz CT molecular complexity index is 851. The monoisotopic (exact) mass is 466 g/mol. The van der Waals surface area contributed by atoms with Crippen LogP contribution in [0.4, 0.5) is 13.2 Å². The van der Waals surface area contributed by atoms with Gasteiger partial charge in [0, 0.05) is 18.7 Å². The highest BCUT2D eigenvalue weighted by Gasteiger charge is 2.30. The molecule has 33 heavy (non-hydrogen) atoms. The maximum absolute atomic E-state index is 12.1. The molecule has 0 aromatic heterocycles. The number of benzene rings is 2. The molecule has 8 heteroatoms. The van der Waals surface area contributed by atoms with Crippen molar-refractivity contribution in [1.29, 1.82) is 0 Å². The normalized spacial score (nSPS) is 9.91. The molecule has 0 bridgehead atoms. The van der Waals surface area contributed by atoms with Gasteiger partial charge in [0.25, 0.3) is 5.91 Å². The molecule has 0 aliphatic rings. The maximum atomic E-state index is 12.1. The average molecular weight is 467 g/mol. The summed E-state index contributed by atoms with van der Waals surface area (Å²) < 4.78 is 41.3. The standard InChI is InChI=1S/C11H14N2O3.C9H9F3.C5H10/c1-16-10-4-2-9(3-5-10)11(15)13-7-6-12-8-14;1-2-7-4-3-5-8(6-7)9(10,11)12;1-4-5(2)3/h2-5,8H,6-7H2,1H3,(H,12,14)(H,13,15);3-6H,2H2,1H3;2,4H2,1,3H3. The molecule has 0 saturated carbocycles. The molecular formula is C25H33F3N2O3. The van der Waals surface area contributed by atoms with Gasteiger partial charge in [-0.2, -0.15) is 13.2 Å². The third-order valence-corrected chi connectivity index (χ3v) is 4.26. The lowest BCUT2D eigenvalue weighted by Crippen LogP contribution is -2.31. The minimum atomic E-state index is -4.22. The predicted octanol–water partition coefficient (Wildman–Crippen LogP) is 5.41. The van der Waals surface area contributed by atoms with Gasteiger partial charge in [0.15, 0.2) is 0 Å². The van der Waals surface area contributed by atoms with E-state index in [1.165, 1.54) is 17.7 Å². The summed E-state index contributed by atoms with van der Waals surface area (Å²) in [6.07, 6.45) is -1.88. The highest BCUT2D eigenvalue weighted by Crippen LogP contribution is 2.29. The van der Waals surface area contributed by atoms with E-state index >= 15 is 0 Å². The van der Waals surface area contributed by atoms with Gasteiger partial charge in [0.05, 0.1) is 12.7 Å². The van der Waals surface area contributed by atoms with Crippen LogP contribution in [-0.2, 0) is 17.4 Å². The van der Waals surface area contributed by atoms with Gasteiger partial charge >= 0.3 is 6.18 Å². The Morgan fingerprint density at radius 3 is 2.15 bits per heavy atom. The zero-order chi connectivity index (χ0) is 25.3. The molecule has 0 saturated heterocycles. The zero-order valence-corrected chi connectivity index (χ0v) is 19.6. The number of carbonyl (C=O) groups is 2. The SMILES string of the molecule is C=C(C)CC.CCc1cccc(C(F)(F)F)c1.COc1ccc(C(=O)NCCNC=O)cc1. The fourth-order valence-electron chi connectivity index (χ4n) is 2.12. The molecule has 0 fully saturated rings. The summed E-state index contributed by atoms with van der Waals surface area (Å²) in [5.41, 5.74) is 1.96. The molecule has 2 aromatic carbocycles. The largest absolute Gasteiger partial charge is 0.497 e. The fourth-order valence-corrected chi connectivity index (χ4v) is 2.12.